The fraction of sp³-hybridized carbons (Fsp3) is 0.182. The monoisotopic (exact) mass is 426 g/mol. The Bertz CT molecular complexity index is 1100. The molecule has 0 fully saturated rings. The van der Waals surface area contributed by atoms with Crippen LogP contribution < -0.4 is 4.74 Å². The predicted octanol–water partition coefficient (Wildman–Crippen LogP) is 3.27. The second-order valence-electron chi connectivity index (χ2n) is 6.65. The Morgan fingerprint density at radius 1 is 0.967 bits per heavy atom. The SMILES string of the molecule is CN(C)S(=O)(=O)c1cccc(C(=O)OCc2ccc(OCc3ccccn3)cc2)c1. The summed E-state index contributed by atoms with van der Waals surface area (Å²) < 4.78 is 36.5. The normalized spacial score (nSPS) is 11.3. The molecule has 0 N–H and O–H groups in total. The van der Waals surface area contributed by atoms with Gasteiger partial charge in [0.15, 0.2) is 0 Å². The van der Waals surface area contributed by atoms with Crippen LogP contribution >= 0.6 is 0 Å². The van der Waals surface area contributed by atoms with Crippen LogP contribution in [0.3, 0.4) is 0 Å². The van der Waals surface area contributed by atoms with Gasteiger partial charge in [0, 0.05) is 20.3 Å². The largest absolute Gasteiger partial charge is 0.487 e. The van der Waals surface area contributed by atoms with E-state index in [1.807, 2.05) is 18.2 Å². The number of carbonyl (C=O) groups excluding carboxylic acids is 1. The average Bonchev–Trinajstić information content (AvgIpc) is 2.77. The number of ether oxygens (including phenoxy) is 2. The van der Waals surface area contributed by atoms with Crippen molar-refractivity contribution in [1.29, 1.82) is 0 Å². The molecule has 0 aliphatic rings. The van der Waals surface area contributed by atoms with E-state index < -0.39 is 16.0 Å². The highest BCUT2D eigenvalue weighted by Crippen LogP contribution is 2.17. The molecular formula is C22H22N2O5S. The van der Waals surface area contributed by atoms with Crippen molar-refractivity contribution in [2.45, 2.75) is 18.1 Å². The third kappa shape index (κ3) is 5.43. The Morgan fingerprint density at radius 2 is 1.73 bits per heavy atom. The van der Waals surface area contributed by atoms with Gasteiger partial charge in [-0.05, 0) is 48.0 Å². The first-order valence-corrected chi connectivity index (χ1v) is 10.6. The minimum absolute atomic E-state index is 0.0383. The van der Waals surface area contributed by atoms with E-state index in [0.717, 1.165) is 15.6 Å². The molecule has 7 nitrogen and oxygen atoms in total. The van der Waals surface area contributed by atoms with Crippen molar-refractivity contribution in [3.8, 4) is 5.75 Å². The van der Waals surface area contributed by atoms with Crippen LogP contribution in [0.4, 0.5) is 0 Å². The van der Waals surface area contributed by atoms with Crippen LogP contribution in [-0.4, -0.2) is 37.8 Å². The lowest BCUT2D eigenvalue weighted by Crippen LogP contribution is -2.22. The molecule has 3 aromatic rings. The molecule has 0 bridgehead atoms. The lowest BCUT2D eigenvalue weighted by molar-refractivity contribution is 0.0472. The Kier molecular flexibility index (Phi) is 6.81. The van der Waals surface area contributed by atoms with Crippen molar-refractivity contribution < 1.29 is 22.7 Å². The topological polar surface area (TPSA) is 85.8 Å². The Labute approximate surface area is 175 Å². The fourth-order valence-electron chi connectivity index (χ4n) is 2.55. The van der Waals surface area contributed by atoms with Gasteiger partial charge in [-0.1, -0.05) is 24.3 Å². The second-order valence-corrected chi connectivity index (χ2v) is 8.80. The summed E-state index contributed by atoms with van der Waals surface area (Å²) in [7, 11) is -0.754. The second kappa shape index (κ2) is 9.51. The summed E-state index contributed by atoms with van der Waals surface area (Å²) in [5.74, 6) is 0.0820. The third-order valence-electron chi connectivity index (χ3n) is 4.25. The molecule has 2 aromatic carbocycles. The van der Waals surface area contributed by atoms with E-state index in [1.165, 1.54) is 38.4 Å². The Balaban J connectivity index is 1.57. The summed E-state index contributed by atoms with van der Waals surface area (Å²) in [5, 5.41) is 0. The maximum absolute atomic E-state index is 12.3. The molecule has 0 spiro atoms. The van der Waals surface area contributed by atoms with E-state index in [-0.39, 0.29) is 17.1 Å². The number of nitrogens with zero attached hydrogens (tertiary/aromatic N) is 2. The maximum atomic E-state index is 12.3. The number of aromatic nitrogens is 1. The van der Waals surface area contributed by atoms with Crippen LogP contribution in [0.5, 0.6) is 5.75 Å². The van der Waals surface area contributed by atoms with Gasteiger partial charge in [-0.15, -0.1) is 0 Å². The van der Waals surface area contributed by atoms with Gasteiger partial charge < -0.3 is 9.47 Å². The van der Waals surface area contributed by atoms with Gasteiger partial charge in [-0.3, -0.25) is 4.98 Å². The lowest BCUT2D eigenvalue weighted by atomic mass is 10.2. The molecule has 0 aliphatic heterocycles. The summed E-state index contributed by atoms with van der Waals surface area (Å²) in [6.07, 6.45) is 1.71. The van der Waals surface area contributed by atoms with Crippen LogP contribution in [-0.2, 0) is 28.0 Å². The first-order valence-electron chi connectivity index (χ1n) is 9.17. The quantitative estimate of drug-likeness (QED) is 0.514. The van der Waals surface area contributed by atoms with E-state index in [1.54, 1.807) is 30.5 Å². The highest BCUT2D eigenvalue weighted by Gasteiger charge is 2.19. The molecule has 0 saturated heterocycles. The molecular weight excluding hydrogens is 404 g/mol. The zero-order valence-corrected chi connectivity index (χ0v) is 17.5. The van der Waals surface area contributed by atoms with Crippen molar-refractivity contribution in [3.05, 3.63) is 89.7 Å². The summed E-state index contributed by atoms with van der Waals surface area (Å²) in [6.45, 7) is 0.422. The molecule has 30 heavy (non-hydrogen) atoms. The van der Waals surface area contributed by atoms with Gasteiger partial charge in [0.2, 0.25) is 10.0 Å². The van der Waals surface area contributed by atoms with Crippen molar-refractivity contribution >= 4 is 16.0 Å². The number of carbonyl (C=O) groups is 1. The summed E-state index contributed by atoms with van der Waals surface area (Å²) in [4.78, 5) is 16.6. The number of sulfonamides is 1. The molecule has 1 aromatic heterocycles. The van der Waals surface area contributed by atoms with Crippen LogP contribution in [0.15, 0.2) is 77.8 Å². The first kappa shape index (κ1) is 21.5. The van der Waals surface area contributed by atoms with Gasteiger partial charge >= 0.3 is 5.97 Å². The standard InChI is InChI=1S/C22H22N2O5S/c1-24(2)30(26,27)21-8-5-6-18(14-21)22(25)29-15-17-9-11-20(12-10-17)28-16-19-7-3-4-13-23-19/h3-14H,15-16H2,1-2H3. The number of esters is 1. The Hall–Kier alpha value is -3.23. The molecule has 0 saturated carbocycles. The minimum atomic E-state index is -3.62. The molecule has 0 radical (unpaired) electrons. The maximum Gasteiger partial charge on any atom is 0.338 e. The van der Waals surface area contributed by atoms with Gasteiger partial charge in [-0.2, -0.15) is 0 Å². The first-order chi connectivity index (χ1) is 14.4. The summed E-state index contributed by atoms with van der Waals surface area (Å²) in [6, 6.07) is 18.6. The highest BCUT2D eigenvalue weighted by molar-refractivity contribution is 7.89. The van der Waals surface area contributed by atoms with Crippen LogP contribution in [0, 0.1) is 0 Å². The zero-order chi connectivity index (χ0) is 21.6. The smallest absolute Gasteiger partial charge is 0.338 e. The molecule has 156 valence electrons. The average molecular weight is 426 g/mol. The van der Waals surface area contributed by atoms with Crippen molar-refractivity contribution in [2.24, 2.45) is 0 Å². The van der Waals surface area contributed by atoms with Crippen molar-refractivity contribution in [1.82, 2.24) is 9.29 Å². The van der Waals surface area contributed by atoms with Crippen LogP contribution in [0.1, 0.15) is 21.6 Å². The Morgan fingerprint density at radius 3 is 2.40 bits per heavy atom. The van der Waals surface area contributed by atoms with Gasteiger partial charge in [-0.25, -0.2) is 17.5 Å². The van der Waals surface area contributed by atoms with E-state index in [4.69, 9.17) is 9.47 Å². The van der Waals surface area contributed by atoms with E-state index in [9.17, 15) is 13.2 Å². The summed E-state index contributed by atoms with van der Waals surface area (Å²) in [5.41, 5.74) is 1.79. The molecule has 0 unspecified atom stereocenters. The van der Waals surface area contributed by atoms with E-state index >= 15 is 0 Å². The number of pyridine rings is 1. The minimum Gasteiger partial charge on any atom is -0.487 e. The van der Waals surface area contributed by atoms with E-state index in [0.29, 0.717) is 12.4 Å². The van der Waals surface area contributed by atoms with Gasteiger partial charge in [0.25, 0.3) is 0 Å². The van der Waals surface area contributed by atoms with Crippen molar-refractivity contribution in [2.75, 3.05) is 14.1 Å². The molecule has 0 aliphatic carbocycles. The summed E-state index contributed by atoms with van der Waals surface area (Å²) >= 11 is 0. The van der Waals surface area contributed by atoms with Crippen LogP contribution in [0.25, 0.3) is 0 Å². The third-order valence-corrected chi connectivity index (χ3v) is 6.07. The predicted molar refractivity (Wildman–Crippen MR) is 111 cm³/mol. The van der Waals surface area contributed by atoms with E-state index in [2.05, 4.69) is 4.98 Å². The number of rotatable bonds is 8. The fourth-order valence-corrected chi connectivity index (χ4v) is 3.50. The number of hydrogen-bond acceptors (Lipinski definition) is 6. The van der Waals surface area contributed by atoms with Gasteiger partial charge in [0.1, 0.15) is 19.0 Å². The molecule has 0 amide bonds. The number of benzene rings is 2. The molecule has 0 atom stereocenters. The van der Waals surface area contributed by atoms with Crippen LogP contribution in [0.2, 0.25) is 0 Å². The number of hydrogen-bond donors (Lipinski definition) is 0. The molecule has 1 heterocycles. The highest BCUT2D eigenvalue weighted by atomic mass is 32.2. The molecule has 8 heteroatoms. The lowest BCUT2D eigenvalue weighted by Gasteiger charge is -2.12. The van der Waals surface area contributed by atoms with Crippen molar-refractivity contribution in [3.63, 3.8) is 0 Å². The zero-order valence-electron chi connectivity index (χ0n) is 16.7. The molecule has 3 rings (SSSR count). The van der Waals surface area contributed by atoms with Gasteiger partial charge in [0.05, 0.1) is 16.2 Å².